The number of hydrogen-bond acceptors (Lipinski definition) is 3. The summed E-state index contributed by atoms with van der Waals surface area (Å²) in [5.74, 6) is 0. The van der Waals surface area contributed by atoms with Crippen LogP contribution in [0.2, 0.25) is 4.34 Å². The molecule has 2 aromatic heterocycles. The summed E-state index contributed by atoms with van der Waals surface area (Å²) >= 11 is 9.36. The summed E-state index contributed by atoms with van der Waals surface area (Å²) in [6.07, 6.45) is 4.34. The third kappa shape index (κ3) is 4.43. The minimum atomic E-state index is 0.254. The Kier molecular flexibility index (Phi) is 5.04. The van der Waals surface area contributed by atoms with E-state index in [4.69, 9.17) is 17.3 Å². The van der Waals surface area contributed by atoms with E-state index in [1.165, 1.54) is 16.2 Å². The highest BCUT2D eigenvalue weighted by molar-refractivity contribution is 7.16. The molecule has 4 heteroatoms. The summed E-state index contributed by atoms with van der Waals surface area (Å²) in [5.41, 5.74) is 6.12. The topological polar surface area (TPSA) is 26.0 Å². The SMILES string of the molecule is NC(CCCc1cccs1)Cc1ccc(Cl)s1. The Balaban J connectivity index is 1.69. The lowest BCUT2D eigenvalue weighted by Crippen LogP contribution is -2.22. The van der Waals surface area contributed by atoms with Gasteiger partial charge in [-0.25, -0.2) is 0 Å². The van der Waals surface area contributed by atoms with Gasteiger partial charge in [0, 0.05) is 15.8 Å². The van der Waals surface area contributed by atoms with Crippen molar-refractivity contribution in [3.63, 3.8) is 0 Å². The molecule has 0 aromatic carbocycles. The molecule has 1 unspecified atom stereocenters. The average molecular weight is 286 g/mol. The van der Waals surface area contributed by atoms with Gasteiger partial charge in [0.1, 0.15) is 0 Å². The smallest absolute Gasteiger partial charge is 0.0931 e. The molecule has 0 aliphatic rings. The zero-order chi connectivity index (χ0) is 12.1. The fourth-order valence-corrected chi connectivity index (χ4v) is 3.75. The first-order valence-electron chi connectivity index (χ1n) is 5.76. The quantitative estimate of drug-likeness (QED) is 0.839. The van der Waals surface area contributed by atoms with Crippen molar-refractivity contribution in [2.45, 2.75) is 31.7 Å². The van der Waals surface area contributed by atoms with Crippen molar-refractivity contribution in [2.24, 2.45) is 5.73 Å². The minimum absolute atomic E-state index is 0.254. The van der Waals surface area contributed by atoms with Crippen LogP contribution in [0.15, 0.2) is 29.6 Å². The van der Waals surface area contributed by atoms with Gasteiger partial charge in [-0.15, -0.1) is 22.7 Å². The highest BCUT2D eigenvalue weighted by atomic mass is 35.5. The molecule has 0 aliphatic heterocycles. The molecule has 0 aliphatic carbocycles. The Morgan fingerprint density at radius 3 is 2.76 bits per heavy atom. The van der Waals surface area contributed by atoms with E-state index in [-0.39, 0.29) is 6.04 Å². The zero-order valence-corrected chi connectivity index (χ0v) is 12.0. The van der Waals surface area contributed by atoms with Crippen LogP contribution < -0.4 is 5.73 Å². The van der Waals surface area contributed by atoms with Crippen molar-refractivity contribution in [2.75, 3.05) is 0 Å². The third-order valence-electron chi connectivity index (χ3n) is 2.67. The standard InChI is InChI=1S/C13H16ClNS2/c14-13-7-6-12(17-13)9-10(15)3-1-4-11-5-2-8-16-11/h2,5-8,10H,1,3-4,9,15H2. The Hall–Kier alpha value is -0.350. The first-order chi connectivity index (χ1) is 8.24. The zero-order valence-electron chi connectivity index (χ0n) is 9.56. The maximum atomic E-state index is 6.12. The van der Waals surface area contributed by atoms with Crippen LogP contribution in [0.3, 0.4) is 0 Å². The van der Waals surface area contributed by atoms with Gasteiger partial charge in [-0.1, -0.05) is 17.7 Å². The molecule has 0 saturated carbocycles. The maximum Gasteiger partial charge on any atom is 0.0931 e. The molecule has 0 saturated heterocycles. The van der Waals surface area contributed by atoms with Gasteiger partial charge < -0.3 is 5.73 Å². The number of aryl methyl sites for hydroxylation is 1. The van der Waals surface area contributed by atoms with Gasteiger partial charge in [-0.2, -0.15) is 0 Å². The molecular weight excluding hydrogens is 270 g/mol. The maximum absolute atomic E-state index is 6.12. The van der Waals surface area contributed by atoms with Crippen LogP contribution in [0, 0.1) is 0 Å². The number of thiophene rings is 2. The summed E-state index contributed by atoms with van der Waals surface area (Å²) in [5, 5.41) is 2.13. The molecule has 0 spiro atoms. The molecule has 2 N–H and O–H groups in total. The van der Waals surface area contributed by atoms with Gasteiger partial charge in [0.15, 0.2) is 0 Å². The molecule has 0 amide bonds. The van der Waals surface area contributed by atoms with Crippen LogP contribution in [-0.2, 0) is 12.8 Å². The molecule has 2 heterocycles. The molecule has 2 rings (SSSR count). The lowest BCUT2D eigenvalue weighted by Gasteiger charge is -2.09. The molecule has 0 radical (unpaired) electrons. The normalized spacial score (nSPS) is 12.8. The molecule has 92 valence electrons. The first-order valence-corrected chi connectivity index (χ1v) is 7.83. The number of rotatable bonds is 6. The van der Waals surface area contributed by atoms with Crippen molar-refractivity contribution in [1.82, 2.24) is 0 Å². The lowest BCUT2D eigenvalue weighted by molar-refractivity contribution is 0.585. The van der Waals surface area contributed by atoms with Crippen molar-refractivity contribution in [1.29, 1.82) is 0 Å². The van der Waals surface area contributed by atoms with Crippen LogP contribution in [0.5, 0.6) is 0 Å². The van der Waals surface area contributed by atoms with E-state index in [0.717, 1.165) is 23.6 Å². The van der Waals surface area contributed by atoms with Crippen LogP contribution in [0.1, 0.15) is 22.6 Å². The third-order valence-corrected chi connectivity index (χ3v) is 4.86. The summed E-state index contributed by atoms with van der Waals surface area (Å²) in [6, 6.07) is 8.57. The van der Waals surface area contributed by atoms with Crippen molar-refractivity contribution in [3.8, 4) is 0 Å². The highest BCUT2D eigenvalue weighted by Crippen LogP contribution is 2.23. The van der Waals surface area contributed by atoms with Gasteiger partial charge in [-0.3, -0.25) is 0 Å². The van der Waals surface area contributed by atoms with Crippen molar-refractivity contribution < 1.29 is 0 Å². The van der Waals surface area contributed by atoms with E-state index in [0.29, 0.717) is 0 Å². The van der Waals surface area contributed by atoms with Crippen LogP contribution in [0.4, 0.5) is 0 Å². The van der Waals surface area contributed by atoms with E-state index in [9.17, 15) is 0 Å². The molecule has 17 heavy (non-hydrogen) atoms. The van der Waals surface area contributed by atoms with E-state index in [2.05, 4.69) is 23.6 Å². The van der Waals surface area contributed by atoms with Crippen LogP contribution in [0.25, 0.3) is 0 Å². The van der Waals surface area contributed by atoms with E-state index < -0.39 is 0 Å². The van der Waals surface area contributed by atoms with Gasteiger partial charge in [0.05, 0.1) is 4.34 Å². The molecule has 0 fully saturated rings. The van der Waals surface area contributed by atoms with Gasteiger partial charge in [-0.05, 0) is 49.3 Å². The molecule has 1 nitrogen and oxygen atoms in total. The van der Waals surface area contributed by atoms with Crippen LogP contribution in [-0.4, -0.2) is 6.04 Å². The Bertz CT molecular complexity index is 436. The van der Waals surface area contributed by atoms with Gasteiger partial charge in [0.25, 0.3) is 0 Å². The second-order valence-electron chi connectivity index (χ2n) is 4.14. The Morgan fingerprint density at radius 2 is 2.12 bits per heavy atom. The number of hydrogen-bond donors (Lipinski definition) is 1. The predicted molar refractivity (Wildman–Crippen MR) is 78.3 cm³/mol. The second kappa shape index (κ2) is 6.55. The second-order valence-corrected chi connectivity index (χ2v) is 6.97. The molecule has 2 aromatic rings. The molecule has 1 atom stereocenters. The Labute approximate surface area is 115 Å². The lowest BCUT2D eigenvalue weighted by atomic mass is 10.1. The summed E-state index contributed by atoms with van der Waals surface area (Å²) in [7, 11) is 0. The number of halogens is 1. The van der Waals surface area contributed by atoms with Crippen molar-refractivity contribution in [3.05, 3.63) is 43.7 Å². The summed E-state index contributed by atoms with van der Waals surface area (Å²) < 4.78 is 0.853. The Morgan fingerprint density at radius 1 is 1.24 bits per heavy atom. The van der Waals surface area contributed by atoms with Gasteiger partial charge in [0.2, 0.25) is 0 Å². The average Bonchev–Trinajstić information content (AvgIpc) is 2.90. The highest BCUT2D eigenvalue weighted by Gasteiger charge is 2.06. The van der Waals surface area contributed by atoms with E-state index in [1.54, 1.807) is 11.3 Å². The number of nitrogens with two attached hydrogens (primary N) is 1. The summed E-state index contributed by atoms with van der Waals surface area (Å²) in [6.45, 7) is 0. The molecule has 0 bridgehead atoms. The first kappa shape index (κ1) is 13.1. The largest absolute Gasteiger partial charge is 0.327 e. The van der Waals surface area contributed by atoms with Crippen LogP contribution >= 0.6 is 34.3 Å². The van der Waals surface area contributed by atoms with E-state index in [1.807, 2.05) is 17.4 Å². The fourth-order valence-electron chi connectivity index (χ4n) is 1.82. The summed E-state index contributed by atoms with van der Waals surface area (Å²) in [4.78, 5) is 2.75. The van der Waals surface area contributed by atoms with E-state index >= 15 is 0 Å². The monoisotopic (exact) mass is 285 g/mol. The van der Waals surface area contributed by atoms with Crippen molar-refractivity contribution >= 4 is 34.3 Å². The fraction of sp³-hybridized carbons (Fsp3) is 0.385. The molecular formula is C13H16ClNS2. The predicted octanol–water partition coefficient (Wildman–Crippen LogP) is 4.36. The van der Waals surface area contributed by atoms with Gasteiger partial charge >= 0.3 is 0 Å². The minimum Gasteiger partial charge on any atom is -0.327 e.